The van der Waals surface area contributed by atoms with Crippen LogP contribution in [0.15, 0.2) is 53.4 Å². The molecule has 124 valence electrons. The second-order valence-corrected chi connectivity index (χ2v) is 7.91. The van der Waals surface area contributed by atoms with Crippen LogP contribution < -0.4 is 5.43 Å². The molecule has 1 fully saturated rings. The summed E-state index contributed by atoms with van der Waals surface area (Å²) in [7, 11) is 0. The third kappa shape index (κ3) is 3.23. The Kier molecular flexibility index (Phi) is 4.16. The van der Waals surface area contributed by atoms with Gasteiger partial charge in [0.25, 0.3) is 5.91 Å². The number of hydrogen-bond donors (Lipinski definition) is 2. The molecule has 5 nitrogen and oxygen atoms in total. The Morgan fingerprint density at radius 1 is 1.16 bits per heavy atom. The minimum Gasteiger partial charge on any atom is -0.508 e. The minimum atomic E-state index is -0.220. The van der Waals surface area contributed by atoms with Crippen molar-refractivity contribution in [1.29, 1.82) is 0 Å². The van der Waals surface area contributed by atoms with Crippen molar-refractivity contribution < 1.29 is 9.90 Å². The highest BCUT2D eigenvalue weighted by molar-refractivity contribution is 8.26. The van der Waals surface area contributed by atoms with Crippen LogP contribution in [-0.4, -0.2) is 25.3 Å². The zero-order chi connectivity index (χ0) is 17.4. The van der Waals surface area contributed by atoms with Crippen molar-refractivity contribution in [2.75, 3.05) is 5.43 Å². The van der Waals surface area contributed by atoms with Gasteiger partial charge in [0.1, 0.15) is 5.75 Å². The molecule has 1 amide bonds. The van der Waals surface area contributed by atoms with Crippen molar-refractivity contribution >= 4 is 67.0 Å². The molecule has 0 aliphatic carbocycles. The number of aromatic nitrogens is 1. The number of carbonyl (C=O) groups is 1. The summed E-state index contributed by atoms with van der Waals surface area (Å²) in [5, 5.41) is 11.3. The standard InChI is InChI=1S/C17H11N3O2S3/c21-11-7-5-10(6-8-11)9-14-15(22)20(17(23)25-14)19-16-18-12-3-1-2-4-13(12)24-16/h1-9,21H,(H,18,19)/b14-9-. The van der Waals surface area contributed by atoms with Crippen molar-refractivity contribution in [2.45, 2.75) is 0 Å². The number of aromatic hydroxyl groups is 1. The van der Waals surface area contributed by atoms with Crippen LogP contribution in [0.25, 0.3) is 16.3 Å². The van der Waals surface area contributed by atoms with Crippen LogP contribution in [0.1, 0.15) is 5.56 Å². The van der Waals surface area contributed by atoms with E-state index in [1.54, 1.807) is 30.3 Å². The Morgan fingerprint density at radius 3 is 2.68 bits per heavy atom. The fraction of sp³-hybridized carbons (Fsp3) is 0. The Labute approximate surface area is 157 Å². The number of thiazole rings is 1. The molecule has 0 radical (unpaired) electrons. The third-order valence-electron chi connectivity index (χ3n) is 3.49. The van der Waals surface area contributed by atoms with E-state index >= 15 is 0 Å². The van der Waals surface area contributed by atoms with Crippen molar-refractivity contribution in [3.8, 4) is 5.75 Å². The lowest BCUT2D eigenvalue weighted by Gasteiger charge is -2.14. The number of anilines is 1. The summed E-state index contributed by atoms with van der Waals surface area (Å²) in [6.45, 7) is 0. The van der Waals surface area contributed by atoms with E-state index in [9.17, 15) is 9.90 Å². The van der Waals surface area contributed by atoms with Crippen LogP contribution in [-0.2, 0) is 4.79 Å². The molecule has 0 spiro atoms. The van der Waals surface area contributed by atoms with E-state index < -0.39 is 0 Å². The lowest BCUT2D eigenvalue weighted by molar-refractivity contribution is -0.121. The molecule has 1 saturated heterocycles. The van der Waals surface area contributed by atoms with Gasteiger partial charge in [-0.15, -0.1) is 0 Å². The summed E-state index contributed by atoms with van der Waals surface area (Å²) in [4.78, 5) is 17.6. The first-order valence-corrected chi connectivity index (χ1v) is 9.33. The van der Waals surface area contributed by atoms with Gasteiger partial charge in [-0.1, -0.05) is 47.4 Å². The summed E-state index contributed by atoms with van der Waals surface area (Å²) < 4.78 is 1.46. The number of carbonyl (C=O) groups excluding carboxylic acids is 1. The summed E-state index contributed by atoms with van der Waals surface area (Å²) in [5.74, 6) is -0.0375. The van der Waals surface area contributed by atoms with Gasteiger partial charge in [-0.2, -0.15) is 5.01 Å². The molecule has 1 aliphatic heterocycles. The van der Waals surface area contributed by atoms with Crippen molar-refractivity contribution in [1.82, 2.24) is 9.99 Å². The molecule has 0 atom stereocenters. The Bertz CT molecular complexity index is 978. The minimum absolute atomic E-state index is 0.183. The quantitative estimate of drug-likeness (QED) is 0.520. The first-order chi connectivity index (χ1) is 12.1. The van der Waals surface area contributed by atoms with Gasteiger partial charge in [0, 0.05) is 0 Å². The van der Waals surface area contributed by atoms with E-state index in [-0.39, 0.29) is 11.7 Å². The highest BCUT2D eigenvalue weighted by Gasteiger charge is 2.33. The number of para-hydroxylation sites is 1. The van der Waals surface area contributed by atoms with E-state index in [2.05, 4.69) is 10.4 Å². The lowest BCUT2D eigenvalue weighted by atomic mass is 10.2. The lowest BCUT2D eigenvalue weighted by Crippen LogP contribution is -2.33. The van der Waals surface area contributed by atoms with Crippen LogP contribution in [0.2, 0.25) is 0 Å². The molecule has 1 aliphatic rings. The molecule has 0 bridgehead atoms. The number of nitrogens with zero attached hydrogens (tertiary/aromatic N) is 2. The summed E-state index contributed by atoms with van der Waals surface area (Å²) >= 11 is 8.00. The van der Waals surface area contributed by atoms with Gasteiger partial charge in [0.2, 0.25) is 5.13 Å². The van der Waals surface area contributed by atoms with Crippen molar-refractivity contribution in [3.05, 3.63) is 59.0 Å². The molecule has 3 aromatic rings. The monoisotopic (exact) mass is 385 g/mol. The molecule has 1 aromatic heterocycles. The zero-order valence-corrected chi connectivity index (χ0v) is 15.1. The molecule has 25 heavy (non-hydrogen) atoms. The number of thioether (sulfide) groups is 1. The van der Waals surface area contributed by atoms with Gasteiger partial charge in [0.05, 0.1) is 15.1 Å². The third-order valence-corrected chi connectivity index (χ3v) is 5.73. The summed E-state index contributed by atoms with van der Waals surface area (Å²) in [5.41, 5.74) is 4.70. The largest absolute Gasteiger partial charge is 0.508 e. The fourth-order valence-electron chi connectivity index (χ4n) is 2.30. The molecule has 2 N–H and O–H groups in total. The van der Waals surface area contributed by atoms with Crippen LogP contribution in [0.4, 0.5) is 5.13 Å². The maximum absolute atomic E-state index is 12.6. The molecule has 2 aromatic carbocycles. The number of hydrogen-bond acceptors (Lipinski definition) is 7. The number of phenolic OH excluding ortho intramolecular Hbond substituents is 1. The predicted molar refractivity (Wildman–Crippen MR) is 106 cm³/mol. The molecule has 2 heterocycles. The highest BCUT2D eigenvalue weighted by atomic mass is 32.2. The van der Waals surface area contributed by atoms with E-state index in [0.717, 1.165) is 15.8 Å². The van der Waals surface area contributed by atoms with Crippen LogP contribution >= 0.6 is 35.3 Å². The van der Waals surface area contributed by atoms with Crippen LogP contribution in [0.3, 0.4) is 0 Å². The maximum atomic E-state index is 12.6. The first kappa shape index (κ1) is 16.1. The molecular weight excluding hydrogens is 374 g/mol. The number of phenols is 1. The molecule has 0 unspecified atom stereocenters. The average molecular weight is 385 g/mol. The number of thiocarbonyl (C=S) groups is 1. The maximum Gasteiger partial charge on any atom is 0.285 e. The molecule has 0 saturated carbocycles. The Balaban J connectivity index is 1.57. The smallest absolute Gasteiger partial charge is 0.285 e. The number of nitrogens with one attached hydrogen (secondary N) is 1. The van der Waals surface area contributed by atoms with Gasteiger partial charge in [-0.3, -0.25) is 10.2 Å². The fourth-order valence-corrected chi connectivity index (χ4v) is 4.34. The molecular formula is C17H11N3O2S3. The van der Waals surface area contributed by atoms with Crippen LogP contribution in [0.5, 0.6) is 5.75 Å². The van der Waals surface area contributed by atoms with Gasteiger partial charge < -0.3 is 5.11 Å². The first-order valence-electron chi connectivity index (χ1n) is 7.29. The summed E-state index contributed by atoms with van der Waals surface area (Å²) in [6.07, 6.45) is 1.75. The van der Waals surface area contributed by atoms with Crippen molar-refractivity contribution in [3.63, 3.8) is 0 Å². The van der Waals surface area contributed by atoms with Gasteiger partial charge in [-0.25, -0.2) is 4.98 Å². The van der Waals surface area contributed by atoms with E-state index in [4.69, 9.17) is 12.2 Å². The second kappa shape index (κ2) is 6.47. The topological polar surface area (TPSA) is 65.5 Å². The average Bonchev–Trinajstić information content (AvgIpc) is 3.13. The van der Waals surface area contributed by atoms with Crippen LogP contribution in [0, 0.1) is 0 Å². The molecule has 8 heteroatoms. The zero-order valence-electron chi connectivity index (χ0n) is 12.7. The van der Waals surface area contributed by atoms with Crippen molar-refractivity contribution in [2.24, 2.45) is 0 Å². The van der Waals surface area contributed by atoms with E-state index in [0.29, 0.717) is 14.4 Å². The highest BCUT2D eigenvalue weighted by Crippen LogP contribution is 2.34. The molecule has 4 rings (SSSR count). The number of amides is 1. The number of hydrazine groups is 1. The number of rotatable bonds is 3. The SMILES string of the molecule is O=C1/C(=C/c2ccc(O)cc2)SC(=S)N1Nc1nc2ccccc2s1. The van der Waals surface area contributed by atoms with E-state index in [1.165, 1.54) is 28.1 Å². The number of benzene rings is 2. The predicted octanol–water partition coefficient (Wildman–Crippen LogP) is 4.23. The number of fused-ring (bicyclic) bond motifs is 1. The normalized spacial score (nSPS) is 16.2. The van der Waals surface area contributed by atoms with E-state index in [1.807, 2.05) is 24.3 Å². The Morgan fingerprint density at radius 2 is 1.92 bits per heavy atom. The van der Waals surface area contributed by atoms with Gasteiger partial charge >= 0.3 is 0 Å². The second-order valence-electron chi connectivity index (χ2n) is 5.21. The summed E-state index contributed by atoms with van der Waals surface area (Å²) in [6, 6.07) is 14.4. The van der Waals surface area contributed by atoms with Gasteiger partial charge in [0.15, 0.2) is 4.32 Å². The Hall–Kier alpha value is -2.42. The van der Waals surface area contributed by atoms with Gasteiger partial charge in [-0.05, 0) is 48.1 Å².